The molecule has 0 saturated carbocycles. The zero-order valence-corrected chi connectivity index (χ0v) is 13.0. The molecule has 2 nitrogen and oxygen atoms in total. The number of nitrogens with zero attached hydrogens (tertiary/aromatic N) is 2. The molecule has 0 unspecified atom stereocenters. The molecule has 1 aromatic carbocycles. The Hall–Kier alpha value is -2.55. The number of rotatable bonds is 2. The Balaban J connectivity index is 2.16. The van der Waals surface area contributed by atoms with Crippen LogP contribution in [0.4, 0.5) is 4.39 Å². The first-order valence-corrected chi connectivity index (χ1v) is 7.25. The van der Waals surface area contributed by atoms with Gasteiger partial charge in [-0.05, 0) is 43.7 Å². The second kappa shape index (κ2) is 5.68. The van der Waals surface area contributed by atoms with Crippen molar-refractivity contribution in [3.63, 3.8) is 0 Å². The normalized spacial score (nSPS) is 10.7. The lowest BCUT2D eigenvalue weighted by Crippen LogP contribution is -2.32. The van der Waals surface area contributed by atoms with Crippen LogP contribution in [0.2, 0.25) is 0 Å². The lowest BCUT2D eigenvalue weighted by molar-refractivity contribution is -0.661. The van der Waals surface area contributed by atoms with Crippen LogP contribution in [0.3, 0.4) is 0 Å². The molecule has 0 fully saturated rings. The van der Waals surface area contributed by atoms with Gasteiger partial charge in [-0.1, -0.05) is 24.3 Å². The second-order valence-corrected chi connectivity index (χ2v) is 5.52. The number of pyridine rings is 2. The van der Waals surface area contributed by atoms with E-state index in [9.17, 15) is 4.39 Å². The number of aromatic nitrogens is 2. The summed E-state index contributed by atoms with van der Waals surface area (Å²) in [5, 5.41) is 0. The summed E-state index contributed by atoms with van der Waals surface area (Å²) in [6.45, 7) is 3.92. The predicted octanol–water partition coefficient (Wildman–Crippen LogP) is 4.00. The van der Waals surface area contributed by atoms with Gasteiger partial charge in [0.1, 0.15) is 7.05 Å². The molecule has 0 bridgehead atoms. The molecular formula is C19H18FN2+. The van der Waals surface area contributed by atoms with Crippen molar-refractivity contribution in [2.75, 3.05) is 0 Å². The first kappa shape index (κ1) is 14.4. The summed E-state index contributed by atoms with van der Waals surface area (Å²) in [4.78, 5) is 4.47. The van der Waals surface area contributed by atoms with Crippen molar-refractivity contribution in [3.8, 4) is 22.5 Å². The molecule has 0 saturated heterocycles. The van der Waals surface area contributed by atoms with Gasteiger partial charge in [0.05, 0.1) is 16.8 Å². The highest BCUT2D eigenvalue weighted by atomic mass is 19.1. The Morgan fingerprint density at radius 2 is 1.77 bits per heavy atom. The molecule has 3 rings (SSSR count). The monoisotopic (exact) mass is 293 g/mol. The Morgan fingerprint density at radius 1 is 1.00 bits per heavy atom. The number of benzene rings is 1. The molecule has 0 aliphatic rings. The summed E-state index contributed by atoms with van der Waals surface area (Å²) in [5.74, 6) is -0.238. The lowest BCUT2D eigenvalue weighted by atomic mass is 10.0. The van der Waals surface area contributed by atoms with Crippen LogP contribution in [0.1, 0.15) is 11.3 Å². The molecule has 0 radical (unpaired) electrons. The Morgan fingerprint density at radius 3 is 2.45 bits per heavy atom. The van der Waals surface area contributed by atoms with E-state index in [4.69, 9.17) is 0 Å². The summed E-state index contributed by atoms with van der Waals surface area (Å²) in [7, 11) is 1.87. The highest BCUT2D eigenvalue weighted by Gasteiger charge is 2.20. The summed E-state index contributed by atoms with van der Waals surface area (Å²) in [6, 6.07) is 15.1. The Labute approximate surface area is 129 Å². The first-order chi connectivity index (χ1) is 10.6. The van der Waals surface area contributed by atoms with Gasteiger partial charge in [-0.3, -0.25) is 4.98 Å². The third kappa shape index (κ3) is 2.62. The predicted molar refractivity (Wildman–Crippen MR) is 85.7 cm³/mol. The smallest absolute Gasteiger partial charge is 0.248 e. The van der Waals surface area contributed by atoms with E-state index in [0.29, 0.717) is 5.69 Å². The fraction of sp³-hybridized carbons (Fsp3) is 0.158. The van der Waals surface area contributed by atoms with E-state index in [-0.39, 0.29) is 5.82 Å². The molecule has 3 aromatic rings. The summed E-state index contributed by atoms with van der Waals surface area (Å²) < 4.78 is 16.5. The van der Waals surface area contributed by atoms with Gasteiger partial charge in [0.2, 0.25) is 5.69 Å². The largest absolute Gasteiger partial charge is 0.253 e. The molecule has 2 heterocycles. The minimum atomic E-state index is -0.238. The van der Waals surface area contributed by atoms with Crippen molar-refractivity contribution in [1.29, 1.82) is 0 Å². The summed E-state index contributed by atoms with van der Waals surface area (Å²) >= 11 is 0. The van der Waals surface area contributed by atoms with Crippen LogP contribution >= 0.6 is 0 Å². The van der Waals surface area contributed by atoms with Crippen molar-refractivity contribution in [3.05, 3.63) is 71.8 Å². The lowest BCUT2D eigenvalue weighted by Gasteiger charge is -2.07. The molecule has 2 aromatic heterocycles. The molecule has 0 spiro atoms. The zero-order chi connectivity index (χ0) is 15.7. The van der Waals surface area contributed by atoms with Crippen LogP contribution in [0.25, 0.3) is 22.5 Å². The fourth-order valence-corrected chi connectivity index (χ4v) is 2.68. The van der Waals surface area contributed by atoms with Crippen molar-refractivity contribution in [2.45, 2.75) is 13.8 Å². The maximum atomic E-state index is 14.7. The van der Waals surface area contributed by atoms with E-state index in [1.807, 2.05) is 74.1 Å². The van der Waals surface area contributed by atoms with Crippen molar-refractivity contribution >= 4 is 0 Å². The molecule has 0 aliphatic heterocycles. The minimum Gasteiger partial charge on any atom is -0.253 e. The third-order valence-electron chi connectivity index (χ3n) is 3.78. The minimum absolute atomic E-state index is 0.238. The Bertz CT molecular complexity index is 817. The van der Waals surface area contributed by atoms with E-state index >= 15 is 0 Å². The van der Waals surface area contributed by atoms with Crippen LogP contribution in [-0.2, 0) is 7.05 Å². The van der Waals surface area contributed by atoms with Gasteiger partial charge in [0.25, 0.3) is 0 Å². The average molecular weight is 293 g/mol. The van der Waals surface area contributed by atoms with Crippen LogP contribution in [0.5, 0.6) is 0 Å². The van der Waals surface area contributed by atoms with Crippen LogP contribution in [0.15, 0.2) is 54.7 Å². The van der Waals surface area contributed by atoms with Crippen molar-refractivity contribution in [1.82, 2.24) is 4.98 Å². The highest BCUT2D eigenvalue weighted by Crippen LogP contribution is 2.25. The van der Waals surface area contributed by atoms with Crippen molar-refractivity contribution in [2.24, 2.45) is 7.05 Å². The van der Waals surface area contributed by atoms with Crippen LogP contribution < -0.4 is 4.57 Å². The number of aryl methyl sites for hydroxylation is 3. The third-order valence-corrected chi connectivity index (χ3v) is 3.78. The van der Waals surface area contributed by atoms with E-state index < -0.39 is 0 Å². The number of hydrogen-bond donors (Lipinski definition) is 0. The fourth-order valence-electron chi connectivity index (χ4n) is 2.68. The second-order valence-electron chi connectivity index (χ2n) is 5.52. The molecule has 22 heavy (non-hydrogen) atoms. The summed E-state index contributed by atoms with van der Waals surface area (Å²) in [6.07, 6.45) is 1.92. The molecule has 3 heteroatoms. The molecule has 0 amide bonds. The Kier molecular flexibility index (Phi) is 3.72. The standard InChI is InChI=1S/C19H18FN2/c1-13-7-4-5-9-16(13)19-17(20)11-15(12-22(19)3)18-10-6-8-14(2)21-18/h4-12H,1-3H3/q+1. The van der Waals surface area contributed by atoms with E-state index in [0.717, 1.165) is 28.1 Å². The van der Waals surface area contributed by atoms with Gasteiger partial charge in [0, 0.05) is 5.69 Å². The quantitative estimate of drug-likeness (QED) is 0.653. The van der Waals surface area contributed by atoms with E-state index in [2.05, 4.69) is 4.98 Å². The maximum absolute atomic E-state index is 14.7. The molecule has 0 aliphatic carbocycles. The topological polar surface area (TPSA) is 16.8 Å². The van der Waals surface area contributed by atoms with Crippen molar-refractivity contribution < 1.29 is 8.96 Å². The molecular weight excluding hydrogens is 275 g/mol. The number of hydrogen-bond acceptors (Lipinski definition) is 1. The SMILES string of the molecule is Cc1cccc(-c2cc(F)c(-c3ccccc3C)[n+](C)c2)n1. The van der Waals surface area contributed by atoms with Gasteiger partial charge in [-0.2, -0.15) is 8.96 Å². The maximum Gasteiger partial charge on any atom is 0.248 e. The van der Waals surface area contributed by atoms with E-state index in [1.165, 1.54) is 0 Å². The first-order valence-electron chi connectivity index (χ1n) is 7.25. The molecule has 110 valence electrons. The van der Waals surface area contributed by atoms with Gasteiger partial charge < -0.3 is 0 Å². The van der Waals surface area contributed by atoms with Gasteiger partial charge in [-0.25, -0.2) is 0 Å². The summed E-state index contributed by atoms with van der Waals surface area (Å²) in [5.41, 5.74) is 5.04. The van der Waals surface area contributed by atoms with Crippen LogP contribution in [0, 0.1) is 19.7 Å². The molecule has 0 N–H and O–H groups in total. The molecule has 0 atom stereocenters. The highest BCUT2D eigenvalue weighted by molar-refractivity contribution is 5.65. The van der Waals surface area contributed by atoms with Gasteiger partial charge in [-0.15, -0.1) is 0 Å². The van der Waals surface area contributed by atoms with Gasteiger partial charge in [0.15, 0.2) is 12.0 Å². The van der Waals surface area contributed by atoms with Crippen LogP contribution in [-0.4, -0.2) is 4.98 Å². The zero-order valence-electron chi connectivity index (χ0n) is 13.0. The van der Waals surface area contributed by atoms with E-state index in [1.54, 1.807) is 6.07 Å². The van der Waals surface area contributed by atoms with Gasteiger partial charge >= 0.3 is 0 Å². The average Bonchev–Trinajstić information content (AvgIpc) is 2.48. The number of halogens is 1.